The van der Waals surface area contributed by atoms with Crippen LogP contribution in [0.3, 0.4) is 0 Å². The van der Waals surface area contributed by atoms with E-state index in [1.807, 2.05) is 44.2 Å². The molecule has 0 bridgehead atoms. The number of sulfonamides is 1. The molecular weight excluding hydrogens is 374 g/mol. The van der Waals surface area contributed by atoms with Gasteiger partial charge in [0.1, 0.15) is 11.6 Å². The van der Waals surface area contributed by atoms with Crippen molar-refractivity contribution < 1.29 is 13.2 Å². The molecule has 28 heavy (non-hydrogen) atoms. The summed E-state index contributed by atoms with van der Waals surface area (Å²) in [6, 6.07) is 12.7. The van der Waals surface area contributed by atoms with E-state index in [-0.39, 0.29) is 4.90 Å². The van der Waals surface area contributed by atoms with Crippen LogP contribution in [0.5, 0.6) is 5.75 Å². The first-order chi connectivity index (χ1) is 13.4. The molecule has 3 aromatic rings. The van der Waals surface area contributed by atoms with Gasteiger partial charge >= 0.3 is 0 Å². The number of imidazole rings is 1. The first-order valence-corrected chi connectivity index (χ1v) is 10.6. The highest BCUT2D eigenvalue weighted by atomic mass is 32.2. The molecule has 2 N–H and O–H groups in total. The van der Waals surface area contributed by atoms with Crippen LogP contribution in [0.4, 0.5) is 0 Å². The highest BCUT2D eigenvalue weighted by molar-refractivity contribution is 7.89. The molecule has 3 rings (SSSR count). The van der Waals surface area contributed by atoms with Crippen molar-refractivity contribution in [3.8, 4) is 17.0 Å². The topological polar surface area (TPSA) is 84.1 Å². The second-order valence-corrected chi connectivity index (χ2v) is 8.40. The van der Waals surface area contributed by atoms with Crippen LogP contribution in [0.25, 0.3) is 11.3 Å². The molecule has 0 fully saturated rings. The van der Waals surface area contributed by atoms with E-state index in [1.54, 1.807) is 32.4 Å². The zero-order valence-electron chi connectivity index (χ0n) is 16.5. The maximum Gasteiger partial charge on any atom is 0.241 e. The van der Waals surface area contributed by atoms with Gasteiger partial charge in [-0.3, -0.25) is 0 Å². The van der Waals surface area contributed by atoms with Crippen LogP contribution in [0.2, 0.25) is 0 Å². The van der Waals surface area contributed by atoms with Gasteiger partial charge in [0.05, 0.1) is 29.9 Å². The predicted molar refractivity (Wildman–Crippen MR) is 110 cm³/mol. The largest absolute Gasteiger partial charge is 0.496 e. The summed E-state index contributed by atoms with van der Waals surface area (Å²) in [4.78, 5) is 7.90. The summed E-state index contributed by atoms with van der Waals surface area (Å²) < 4.78 is 34.1. The third kappa shape index (κ3) is 4.10. The molecule has 0 radical (unpaired) electrons. The van der Waals surface area contributed by atoms with Crippen LogP contribution in [0, 0.1) is 13.8 Å². The van der Waals surface area contributed by atoms with Gasteiger partial charge in [0.15, 0.2) is 0 Å². The Morgan fingerprint density at radius 1 is 1.14 bits per heavy atom. The number of hydrogen-bond donors (Lipinski definition) is 2. The first kappa shape index (κ1) is 20.1. The summed E-state index contributed by atoms with van der Waals surface area (Å²) in [6.45, 7) is 5.51. The van der Waals surface area contributed by atoms with Crippen molar-refractivity contribution in [1.29, 1.82) is 0 Å². The fourth-order valence-electron chi connectivity index (χ4n) is 3.13. The van der Waals surface area contributed by atoms with Crippen molar-refractivity contribution in [1.82, 2.24) is 14.7 Å². The van der Waals surface area contributed by atoms with Crippen molar-refractivity contribution in [2.24, 2.45) is 0 Å². The average Bonchev–Trinajstić information content (AvgIpc) is 3.18. The molecule has 148 valence electrons. The number of aromatic nitrogens is 2. The lowest BCUT2D eigenvalue weighted by atomic mass is 10.1. The minimum absolute atomic E-state index is 0.249. The number of benzene rings is 2. The molecule has 0 spiro atoms. The van der Waals surface area contributed by atoms with Crippen molar-refractivity contribution in [2.75, 3.05) is 7.11 Å². The van der Waals surface area contributed by atoms with E-state index in [4.69, 9.17) is 4.74 Å². The molecule has 1 unspecified atom stereocenters. The second kappa shape index (κ2) is 8.16. The van der Waals surface area contributed by atoms with Crippen LogP contribution in [-0.4, -0.2) is 25.5 Å². The molecule has 0 amide bonds. The fraction of sp³-hybridized carbons (Fsp3) is 0.286. The SMILES string of the molecule is CCC(NS(=O)(=O)c1cc(C)c(OC)cc1C)c1ncc(-c2ccccc2)[nH]1. The highest BCUT2D eigenvalue weighted by Crippen LogP contribution is 2.27. The fourth-order valence-corrected chi connectivity index (χ4v) is 4.73. The maximum atomic E-state index is 13.0. The quantitative estimate of drug-likeness (QED) is 0.626. The van der Waals surface area contributed by atoms with Crippen molar-refractivity contribution in [3.05, 3.63) is 65.6 Å². The van der Waals surface area contributed by atoms with Gasteiger partial charge < -0.3 is 9.72 Å². The van der Waals surface area contributed by atoms with Gasteiger partial charge in [0.2, 0.25) is 10.0 Å². The van der Waals surface area contributed by atoms with E-state index in [2.05, 4.69) is 14.7 Å². The predicted octanol–water partition coefficient (Wildman–Crippen LogP) is 4.13. The molecule has 0 aliphatic carbocycles. The molecule has 0 saturated carbocycles. The number of nitrogens with one attached hydrogen (secondary N) is 2. The van der Waals surface area contributed by atoms with Crippen molar-refractivity contribution in [3.63, 3.8) is 0 Å². The average molecular weight is 400 g/mol. The van der Waals surface area contributed by atoms with Crippen LogP contribution < -0.4 is 9.46 Å². The molecular formula is C21H25N3O3S. The van der Waals surface area contributed by atoms with Gasteiger partial charge in [-0.05, 0) is 49.1 Å². The molecule has 0 aliphatic rings. The smallest absolute Gasteiger partial charge is 0.241 e. The second-order valence-electron chi connectivity index (χ2n) is 6.72. The normalized spacial score (nSPS) is 12.7. The molecule has 2 aromatic carbocycles. The van der Waals surface area contributed by atoms with Crippen LogP contribution in [0.15, 0.2) is 53.6 Å². The minimum Gasteiger partial charge on any atom is -0.496 e. The number of nitrogens with zero attached hydrogens (tertiary/aromatic N) is 1. The monoisotopic (exact) mass is 399 g/mol. The molecule has 0 saturated heterocycles. The van der Waals surface area contributed by atoms with Crippen molar-refractivity contribution >= 4 is 10.0 Å². The maximum absolute atomic E-state index is 13.0. The van der Waals surface area contributed by atoms with Crippen molar-refractivity contribution in [2.45, 2.75) is 38.1 Å². The third-order valence-electron chi connectivity index (χ3n) is 4.70. The minimum atomic E-state index is -3.72. The Bertz CT molecular complexity index is 1060. The van der Waals surface area contributed by atoms with Gasteiger partial charge in [-0.15, -0.1) is 0 Å². The standard InChI is InChI=1S/C21H25N3O3S/c1-5-17(21-22-13-18(23-21)16-9-7-6-8-10-16)24-28(25,26)20-12-14(2)19(27-4)11-15(20)3/h6-13,17,24H,5H2,1-4H3,(H,22,23). The lowest BCUT2D eigenvalue weighted by Crippen LogP contribution is -2.29. The summed E-state index contributed by atoms with van der Waals surface area (Å²) in [7, 11) is -2.15. The lowest BCUT2D eigenvalue weighted by molar-refractivity contribution is 0.411. The van der Waals surface area contributed by atoms with Gasteiger partial charge in [0.25, 0.3) is 0 Å². The van der Waals surface area contributed by atoms with Crippen LogP contribution in [0.1, 0.15) is 36.3 Å². The Morgan fingerprint density at radius 3 is 2.50 bits per heavy atom. The van der Waals surface area contributed by atoms with Gasteiger partial charge in [-0.1, -0.05) is 37.3 Å². The zero-order chi connectivity index (χ0) is 20.3. The van der Waals surface area contributed by atoms with E-state index < -0.39 is 16.1 Å². The number of aryl methyl sites for hydroxylation is 2. The van der Waals surface area contributed by atoms with Gasteiger partial charge in [0, 0.05) is 0 Å². The number of aromatic amines is 1. The van der Waals surface area contributed by atoms with Crippen LogP contribution in [-0.2, 0) is 10.0 Å². The Morgan fingerprint density at radius 2 is 1.86 bits per heavy atom. The number of methoxy groups -OCH3 is 1. The Kier molecular flexibility index (Phi) is 5.86. The highest BCUT2D eigenvalue weighted by Gasteiger charge is 2.24. The molecule has 1 atom stereocenters. The summed E-state index contributed by atoms with van der Waals surface area (Å²) in [6.07, 6.45) is 2.29. The molecule has 7 heteroatoms. The molecule has 1 aromatic heterocycles. The summed E-state index contributed by atoms with van der Waals surface area (Å²) in [5, 5.41) is 0. The molecule has 0 aliphatic heterocycles. The van der Waals surface area contributed by atoms with E-state index >= 15 is 0 Å². The number of hydrogen-bond acceptors (Lipinski definition) is 4. The van der Waals surface area contributed by atoms with Gasteiger partial charge in [-0.25, -0.2) is 18.1 Å². The van der Waals surface area contributed by atoms with E-state index in [9.17, 15) is 8.42 Å². The molecule has 6 nitrogen and oxygen atoms in total. The number of ether oxygens (including phenoxy) is 1. The summed E-state index contributed by atoms with van der Waals surface area (Å²) >= 11 is 0. The Balaban J connectivity index is 1.89. The summed E-state index contributed by atoms with van der Waals surface area (Å²) in [5.41, 5.74) is 3.26. The van der Waals surface area contributed by atoms with E-state index in [0.29, 0.717) is 23.6 Å². The molecule has 1 heterocycles. The lowest BCUT2D eigenvalue weighted by Gasteiger charge is -2.17. The van der Waals surface area contributed by atoms with E-state index in [0.717, 1.165) is 16.8 Å². The van der Waals surface area contributed by atoms with E-state index in [1.165, 1.54) is 0 Å². The zero-order valence-corrected chi connectivity index (χ0v) is 17.3. The van der Waals surface area contributed by atoms with Gasteiger partial charge in [-0.2, -0.15) is 0 Å². The Labute approximate surface area is 166 Å². The van der Waals surface area contributed by atoms with Crippen LogP contribution >= 0.6 is 0 Å². The summed E-state index contributed by atoms with van der Waals surface area (Å²) in [5.74, 6) is 1.26. The Hall–Kier alpha value is -2.64. The first-order valence-electron chi connectivity index (χ1n) is 9.13. The third-order valence-corrected chi connectivity index (χ3v) is 6.31. The number of rotatable bonds is 7. The number of H-pyrrole nitrogens is 1.